The second-order valence-corrected chi connectivity index (χ2v) is 8.69. The first-order valence-electron chi connectivity index (χ1n) is 12.0. The molecule has 1 aromatic heterocycles. The van der Waals surface area contributed by atoms with Crippen molar-refractivity contribution in [3.05, 3.63) is 65.4 Å². The number of aryl methyl sites for hydroxylation is 1. The Morgan fingerprint density at radius 3 is 2.68 bits per heavy atom. The molecule has 0 bridgehead atoms. The Balaban J connectivity index is 1.58. The highest BCUT2D eigenvalue weighted by Gasteiger charge is 2.19. The van der Waals surface area contributed by atoms with E-state index in [0.29, 0.717) is 36.4 Å². The van der Waals surface area contributed by atoms with Crippen molar-refractivity contribution < 1.29 is 14.3 Å². The normalized spacial score (nSPS) is 12.9. The van der Waals surface area contributed by atoms with Gasteiger partial charge in [-0.1, -0.05) is 12.1 Å². The van der Waals surface area contributed by atoms with Crippen molar-refractivity contribution in [3.63, 3.8) is 0 Å². The molecule has 0 spiro atoms. The van der Waals surface area contributed by atoms with Crippen molar-refractivity contribution in [1.29, 1.82) is 5.26 Å². The number of nitrogens with one attached hydrogen (secondary N) is 2. The van der Waals surface area contributed by atoms with Gasteiger partial charge in [0.2, 0.25) is 5.95 Å². The zero-order valence-electron chi connectivity index (χ0n) is 20.8. The molecular weight excluding hydrogens is 488 g/mol. The number of nitrogens with zero attached hydrogens (tertiary/aromatic N) is 4. The van der Waals surface area contributed by atoms with E-state index < -0.39 is 0 Å². The molecule has 1 aliphatic heterocycles. The molecule has 2 aromatic carbocycles. The molecule has 0 unspecified atom stereocenters. The van der Waals surface area contributed by atoms with Crippen LogP contribution < -0.4 is 15.5 Å². The van der Waals surface area contributed by atoms with Crippen LogP contribution in [0.15, 0.2) is 48.7 Å². The number of benzene rings is 2. The van der Waals surface area contributed by atoms with Crippen molar-refractivity contribution in [2.75, 3.05) is 49.7 Å². The van der Waals surface area contributed by atoms with Crippen molar-refractivity contribution >= 4 is 40.5 Å². The number of rotatable bonds is 8. The van der Waals surface area contributed by atoms with E-state index in [2.05, 4.69) is 20.5 Å². The van der Waals surface area contributed by atoms with Gasteiger partial charge in [-0.05, 0) is 62.0 Å². The lowest BCUT2D eigenvalue weighted by molar-refractivity contribution is 0.0958. The fourth-order valence-corrected chi connectivity index (χ4v) is 4.27. The summed E-state index contributed by atoms with van der Waals surface area (Å²) in [6.45, 7) is 7.22. The number of carbonyl (C=O) groups excluding carboxylic acids is 1. The van der Waals surface area contributed by atoms with Crippen LogP contribution in [-0.2, 0) is 9.47 Å². The summed E-state index contributed by atoms with van der Waals surface area (Å²) in [4.78, 5) is 23.5. The highest BCUT2D eigenvalue weighted by molar-refractivity contribution is 7.80. The lowest BCUT2D eigenvalue weighted by Crippen LogP contribution is -2.37. The van der Waals surface area contributed by atoms with E-state index in [0.717, 1.165) is 46.8 Å². The van der Waals surface area contributed by atoms with Crippen molar-refractivity contribution in [2.24, 2.45) is 0 Å². The van der Waals surface area contributed by atoms with E-state index in [1.54, 1.807) is 18.3 Å². The van der Waals surface area contributed by atoms with Crippen LogP contribution in [0.2, 0.25) is 0 Å². The van der Waals surface area contributed by atoms with E-state index in [-0.39, 0.29) is 12.5 Å². The van der Waals surface area contributed by atoms with E-state index in [1.807, 2.05) is 50.2 Å². The number of carbonyl (C=O) groups is 1. The van der Waals surface area contributed by atoms with Gasteiger partial charge in [0.05, 0.1) is 37.1 Å². The van der Waals surface area contributed by atoms with Gasteiger partial charge in [-0.2, -0.15) is 5.26 Å². The Kier molecular flexibility index (Phi) is 8.61. The van der Waals surface area contributed by atoms with Gasteiger partial charge in [0.25, 0.3) is 5.91 Å². The molecule has 3 aromatic rings. The zero-order chi connectivity index (χ0) is 26.2. The molecule has 37 heavy (non-hydrogen) atoms. The van der Waals surface area contributed by atoms with Crippen LogP contribution in [0.1, 0.15) is 28.4 Å². The van der Waals surface area contributed by atoms with Crippen LogP contribution in [0.25, 0.3) is 11.3 Å². The average Bonchev–Trinajstić information content (AvgIpc) is 2.93. The van der Waals surface area contributed by atoms with Gasteiger partial charge in [-0.15, -0.1) is 0 Å². The number of hydrogen-bond donors (Lipinski definition) is 2. The third-order valence-electron chi connectivity index (χ3n) is 5.82. The quantitative estimate of drug-likeness (QED) is 0.339. The smallest absolute Gasteiger partial charge is 0.252 e. The summed E-state index contributed by atoms with van der Waals surface area (Å²) < 4.78 is 11.2. The molecule has 1 saturated heterocycles. The second-order valence-electron chi connectivity index (χ2n) is 8.32. The van der Waals surface area contributed by atoms with Gasteiger partial charge in [-0.25, -0.2) is 9.97 Å². The standard InChI is InChI=1S/C27H28N6O3S/c1-3-36-26(37)22-16-21(8-9-23(22)33-12-14-35-15-13-33)31-27-30-17-18(2)24(32-27)19-4-6-20(7-5-19)25(34)29-11-10-28/h4-9,16-17H,3,11-15H2,1-2H3,(H,29,34)(H,30,31,32). The number of anilines is 3. The Hall–Kier alpha value is -4.07. The van der Waals surface area contributed by atoms with Gasteiger partial charge in [0, 0.05) is 41.8 Å². The molecule has 2 heterocycles. The molecule has 4 rings (SSSR count). The van der Waals surface area contributed by atoms with E-state index >= 15 is 0 Å². The predicted molar refractivity (Wildman–Crippen MR) is 146 cm³/mol. The maximum Gasteiger partial charge on any atom is 0.252 e. The first-order chi connectivity index (χ1) is 18.0. The van der Waals surface area contributed by atoms with E-state index in [1.165, 1.54) is 0 Å². The largest absolute Gasteiger partial charge is 0.483 e. The number of hydrogen-bond acceptors (Lipinski definition) is 9. The highest BCUT2D eigenvalue weighted by atomic mass is 32.1. The highest BCUT2D eigenvalue weighted by Crippen LogP contribution is 2.29. The third-order valence-corrected chi connectivity index (χ3v) is 6.16. The minimum absolute atomic E-state index is 0.0366. The number of aromatic nitrogens is 2. The summed E-state index contributed by atoms with van der Waals surface area (Å²) in [5.74, 6) is 0.139. The monoisotopic (exact) mass is 516 g/mol. The van der Waals surface area contributed by atoms with Crippen molar-refractivity contribution in [2.45, 2.75) is 13.8 Å². The minimum atomic E-state index is -0.295. The molecule has 0 aliphatic carbocycles. The zero-order valence-corrected chi connectivity index (χ0v) is 21.6. The molecule has 1 fully saturated rings. The molecule has 9 nitrogen and oxygen atoms in total. The van der Waals surface area contributed by atoms with Gasteiger partial charge >= 0.3 is 0 Å². The molecular formula is C27H28N6O3S. The summed E-state index contributed by atoms with van der Waals surface area (Å²) in [5, 5.41) is 14.9. The number of amides is 1. The number of thiocarbonyl (C=S) groups is 1. The van der Waals surface area contributed by atoms with E-state index in [4.69, 9.17) is 31.9 Å². The number of morpholine rings is 1. The van der Waals surface area contributed by atoms with Crippen LogP contribution in [0, 0.1) is 18.3 Å². The van der Waals surface area contributed by atoms with Gasteiger partial charge in [0.15, 0.2) is 5.05 Å². The van der Waals surface area contributed by atoms with Crippen LogP contribution in [-0.4, -0.2) is 60.4 Å². The fourth-order valence-electron chi connectivity index (χ4n) is 3.99. The lowest BCUT2D eigenvalue weighted by atomic mass is 10.1. The SMILES string of the molecule is CCOC(=S)c1cc(Nc2ncc(C)c(-c3ccc(C(=O)NCC#N)cc3)n2)ccc1N1CCOCC1. The Morgan fingerprint density at radius 2 is 1.97 bits per heavy atom. The van der Waals surface area contributed by atoms with Gasteiger partial charge in [-0.3, -0.25) is 4.79 Å². The summed E-state index contributed by atoms with van der Waals surface area (Å²) in [6, 6.07) is 14.9. The minimum Gasteiger partial charge on any atom is -0.483 e. The van der Waals surface area contributed by atoms with E-state index in [9.17, 15) is 4.79 Å². The average molecular weight is 517 g/mol. The molecule has 1 aliphatic rings. The van der Waals surface area contributed by atoms with Crippen LogP contribution >= 0.6 is 12.2 Å². The summed E-state index contributed by atoms with van der Waals surface area (Å²) >= 11 is 5.57. The Bertz CT molecular complexity index is 1320. The summed E-state index contributed by atoms with van der Waals surface area (Å²) in [6.07, 6.45) is 1.76. The second kappa shape index (κ2) is 12.3. The molecule has 0 saturated carbocycles. The third kappa shape index (κ3) is 6.39. The molecule has 10 heteroatoms. The van der Waals surface area contributed by atoms with Crippen LogP contribution in [0.4, 0.5) is 17.3 Å². The predicted octanol–water partition coefficient (Wildman–Crippen LogP) is 4.00. The Labute approximate surface area is 221 Å². The number of ether oxygens (including phenoxy) is 2. The van der Waals surface area contributed by atoms with Gasteiger partial charge in [0.1, 0.15) is 6.54 Å². The lowest BCUT2D eigenvalue weighted by Gasteiger charge is -2.30. The van der Waals surface area contributed by atoms with Crippen molar-refractivity contribution in [3.8, 4) is 17.3 Å². The van der Waals surface area contributed by atoms with Crippen LogP contribution in [0.3, 0.4) is 0 Å². The maximum atomic E-state index is 12.1. The first-order valence-corrected chi connectivity index (χ1v) is 12.4. The van der Waals surface area contributed by atoms with Crippen LogP contribution in [0.5, 0.6) is 0 Å². The molecule has 0 atom stereocenters. The maximum absolute atomic E-state index is 12.1. The van der Waals surface area contributed by atoms with Gasteiger partial charge < -0.3 is 25.0 Å². The summed E-state index contributed by atoms with van der Waals surface area (Å²) in [5.41, 5.74) is 5.60. The fraction of sp³-hybridized carbons (Fsp3) is 0.296. The van der Waals surface area contributed by atoms with Crippen molar-refractivity contribution in [1.82, 2.24) is 15.3 Å². The molecule has 190 valence electrons. The molecule has 1 amide bonds. The molecule has 0 radical (unpaired) electrons. The first kappa shape index (κ1) is 26.0. The molecule has 2 N–H and O–H groups in total. The topological polar surface area (TPSA) is 112 Å². The Morgan fingerprint density at radius 1 is 1.22 bits per heavy atom. The number of nitriles is 1. The summed E-state index contributed by atoms with van der Waals surface area (Å²) in [7, 11) is 0.